The first-order valence-electron chi connectivity index (χ1n) is 8.05. The van der Waals surface area contributed by atoms with Crippen molar-refractivity contribution in [3.8, 4) is 6.07 Å². The number of hydrogen-bond acceptors (Lipinski definition) is 3. The molecule has 0 saturated carbocycles. The molecule has 0 radical (unpaired) electrons. The van der Waals surface area contributed by atoms with Crippen LogP contribution in [-0.4, -0.2) is 13.2 Å². The molecule has 2 aromatic carbocycles. The van der Waals surface area contributed by atoms with Crippen LogP contribution in [0.3, 0.4) is 0 Å². The molecule has 0 bridgehead atoms. The number of nitriles is 1. The van der Waals surface area contributed by atoms with E-state index in [0.717, 1.165) is 16.9 Å². The summed E-state index contributed by atoms with van der Waals surface area (Å²) in [6, 6.07) is 12.9. The van der Waals surface area contributed by atoms with Gasteiger partial charge >= 0.3 is 0 Å². The van der Waals surface area contributed by atoms with Gasteiger partial charge in [-0.3, -0.25) is 0 Å². The second kappa shape index (κ2) is 4.29. The Morgan fingerprint density at radius 3 is 2.57 bits per heavy atom. The monoisotopic (exact) mass is 303 g/mol. The Morgan fingerprint density at radius 2 is 1.87 bits per heavy atom. The quantitative estimate of drug-likeness (QED) is 0.723. The summed E-state index contributed by atoms with van der Waals surface area (Å²) >= 11 is 0. The number of para-hydroxylation sites is 1. The van der Waals surface area contributed by atoms with Crippen LogP contribution in [-0.2, 0) is 5.41 Å². The van der Waals surface area contributed by atoms with Crippen LogP contribution in [0.25, 0.3) is 0 Å². The topological polar surface area (TPSA) is 30.3 Å². The van der Waals surface area contributed by atoms with Gasteiger partial charge < -0.3 is 9.80 Å². The fourth-order valence-electron chi connectivity index (χ4n) is 4.78. The number of benzene rings is 2. The third-order valence-corrected chi connectivity index (χ3v) is 5.37. The molecule has 0 fully saturated rings. The van der Waals surface area contributed by atoms with Gasteiger partial charge in [0.2, 0.25) is 0 Å². The van der Waals surface area contributed by atoms with E-state index >= 15 is 0 Å². The van der Waals surface area contributed by atoms with Crippen LogP contribution in [0.15, 0.2) is 30.3 Å². The van der Waals surface area contributed by atoms with E-state index in [1.807, 2.05) is 12.1 Å². The van der Waals surface area contributed by atoms with Crippen molar-refractivity contribution in [3.05, 3.63) is 52.6 Å². The van der Waals surface area contributed by atoms with E-state index < -0.39 is 0 Å². The highest BCUT2D eigenvalue weighted by Gasteiger charge is 2.53. The molecule has 3 heteroatoms. The van der Waals surface area contributed by atoms with Crippen molar-refractivity contribution >= 4 is 17.1 Å². The largest absolute Gasteiger partial charge is 0.350 e. The van der Waals surface area contributed by atoms with E-state index in [-0.39, 0.29) is 11.6 Å². The molecule has 116 valence electrons. The van der Waals surface area contributed by atoms with Crippen molar-refractivity contribution in [3.63, 3.8) is 0 Å². The van der Waals surface area contributed by atoms with Crippen LogP contribution in [0.1, 0.15) is 36.1 Å². The molecule has 2 aliphatic heterocycles. The van der Waals surface area contributed by atoms with Gasteiger partial charge in [0.25, 0.3) is 0 Å². The highest BCUT2D eigenvalue weighted by Crippen LogP contribution is 2.58. The minimum atomic E-state index is -0.00634. The first-order chi connectivity index (χ1) is 10.9. The van der Waals surface area contributed by atoms with E-state index in [4.69, 9.17) is 0 Å². The Bertz CT molecular complexity index is 873. The molecule has 0 N–H and O–H groups in total. The zero-order valence-corrected chi connectivity index (χ0v) is 14.3. The molecular weight excluding hydrogens is 282 g/mol. The average molecular weight is 303 g/mol. The molecule has 0 aliphatic carbocycles. The van der Waals surface area contributed by atoms with Gasteiger partial charge in [-0.25, -0.2) is 0 Å². The van der Waals surface area contributed by atoms with Crippen molar-refractivity contribution < 1.29 is 0 Å². The van der Waals surface area contributed by atoms with Gasteiger partial charge in [-0.15, -0.1) is 0 Å². The summed E-state index contributed by atoms with van der Waals surface area (Å²) in [7, 11) is 2.11. The van der Waals surface area contributed by atoms with E-state index in [2.05, 4.69) is 68.8 Å². The van der Waals surface area contributed by atoms with Crippen LogP contribution in [0, 0.1) is 25.2 Å². The lowest BCUT2D eigenvalue weighted by atomic mass is 9.81. The first-order valence-corrected chi connectivity index (χ1v) is 8.05. The summed E-state index contributed by atoms with van der Waals surface area (Å²) in [6.07, 6.45) is 0.211. The van der Waals surface area contributed by atoms with Crippen LogP contribution in [0.2, 0.25) is 0 Å². The molecule has 2 heterocycles. The van der Waals surface area contributed by atoms with Crippen LogP contribution >= 0.6 is 0 Å². The fourth-order valence-corrected chi connectivity index (χ4v) is 4.78. The highest BCUT2D eigenvalue weighted by molar-refractivity contribution is 5.91. The summed E-state index contributed by atoms with van der Waals surface area (Å²) in [4.78, 5) is 4.70. The van der Waals surface area contributed by atoms with E-state index in [0.29, 0.717) is 0 Å². The molecular formula is C20H21N3. The summed E-state index contributed by atoms with van der Waals surface area (Å²) < 4.78 is 0. The van der Waals surface area contributed by atoms with Gasteiger partial charge in [0.15, 0.2) is 0 Å². The second-order valence-electron chi connectivity index (χ2n) is 7.34. The number of fused-ring (bicyclic) bond motifs is 5. The Balaban J connectivity index is 2.06. The summed E-state index contributed by atoms with van der Waals surface area (Å²) in [5, 5.41) is 9.50. The van der Waals surface area contributed by atoms with E-state index in [9.17, 15) is 5.26 Å². The number of hydrogen-bond donors (Lipinski definition) is 0. The van der Waals surface area contributed by atoms with Gasteiger partial charge in [-0.2, -0.15) is 5.26 Å². The summed E-state index contributed by atoms with van der Waals surface area (Å²) in [5.41, 5.74) is 8.29. The number of rotatable bonds is 0. The lowest BCUT2D eigenvalue weighted by Crippen LogP contribution is -2.46. The van der Waals surface area contributed by atoms with Crippen molar-refractivity contribution in [2.45, 2.75) is 39.3 Å². The van der Waals surface area contributed by atoms with Gasteiger partial charge in [0.1, 0.15) is 12.2 Å². The molecule has 4 rings (SSSR count). The molecule has 2 aromatic rings. The number of likely N-dealkylation sites (N-methyl/N-ethyl adjacent to an activating group) is 1. The predicted molar refractivity (Wildman–Crippen MR) is 94.4 cm³/mol. The second-order valence-corrected chi connectivity index (χ2v) is 7.34. The molecule has 3 nitrogen and oxygen atoms in total. The summed E-state index contributed by atoms with van der Waals surface area (Å²) in [5.74, 6) is 0. The maximum absolute atomic E-state index is 9.50. The molecule has 0 amide bonds. The SMILES string of the molecule is Cc1cc(C)c2c(c1)N1c3cccc(C#N)c3N(C)C1C2(C)C. The molecule has 0 spiro atoms. The van der Waals surface area contributed by atoms with Crippen LogP contribution in [0.5, 0.6) is 0 Å². The standard InChI is InChI=1S/C20H21N3/c1-12-9-13(2)17-16(10-12)23-15-8-6-7-14(11-21)18(15)22(5)19(23)20(17,3)4/h6-10,19H,1-5H3. The Hall–Kier alpha value is -2.47. The smallest absolute Gasteiger partial charge is 0.115 e. The first kappa shape index (κ1) is 14.1. The Labute approximate surface area is 137 Å². The zero-order chi connectivity index (χ0) is 16.5. The van der Waals surface area contributed by atoms with Crippen LogP contribution < -0.4 is 9.80 Å². The molecule has 0 saturated heterocycles. The Morgan fingerprint density at radius 1 is 1.13 bits per heavy atom. The maximum Gasteiger partial charge on any atom is 0.115 e. The number of aryl methyl sites for hydroxylation is 2. The molecule has 1 unspecified atom stereocenters. The summed E-state index contributed by atoms with van der Waals surface area (Å²) in [6.45, 7) is 8.99. The van der Waals surface area contributed by atoms with Gasteiger partial charge in [-0.1, -0.05) is 26.0 Å². The number of anilines is 3. The highest BCUT2D eigenvalue weighted by atomic mass is 15.4. The lowest BCUT2D eigenvalue weighted by molar-refractivity contribution is 0.440. The normalized spacial score (nSPS) is 20.1. The zero-order valence-electron chi connectivity index (χ0n) is 14.3. The van der Waals surface area contributed by atoms with Gasteiger partial charge in [-0.05, 0) is 48.7 Å². The van der Waals surface area contributed by atoms with Gasteiger partial charge in [0.05, 0.1) is 16.9 Å². The van der Waals surface area contributed by atoms with Crippen LogP contribution in [0.4, 0.5) is 17.1 Å². The Kier molecular flexibility index (Phi) is 2.64. The minimum Gasteiger partial charge on any atom is -0.350 e. The molecule has 2 aliphatic rings. The van der Waals surface area contributed by atoms with E-state index in [1.165, 1.54) is 22.4 Å². The molecule has 1 atom stereocenters. The van der Waals surface area contributed by atoms with Gasteiger partial charge in [0, 0.05) is 18.2 Å². The van der Waals surface area contributed by atoms with E-state index in [1.54, 1.807) is 0 Å². The predicted octanol–water partition coefficient (Wildman–Crippen LogP) is 4.38. The van der Waals surface area contributed by atoms with Crippen molar-refractivity contribution in [1.82, 2.24) is 0 Å². The fraction of sp³-hybridized carbons (Fsp3) is 0.350. The molecule has 0 aromatic heterocycles. The third-order valence-electron chi connectivity index (χ3n) is 5.37. The van der Waals surface area contributed by atoms with Crippen molar-refractivity contribution in [2.75, 3.05) is 16.8 Å². The molecule has 23 heavy (non-hydrogen) atoms. The van der Waals surface area contributed by atoms with Crippen molar-refractivity contribution in [2.24, 2.45) is 0 Å². The third kappa shape index (κ3) is 1.59. The number of nitrogens with zero attached hydrogens (tertiary/aromatic N) is 3. The minimum absolute atomic E-state index is 0.00634. The average Bonchev–Trinajstić information content (AvgIpc) is 2.91. The van der Waals surface area contributed by atoms with Crippen molar-refractivity contribution in [1.29, 1.82) is 5.26 Å². The lowest BCUT2D eigenvalue weighted by Gasteiger charge is -2.35. The maximum atomic E-state index is 9.50.